The van der Waals surface area contributed by atoms with E-state index in [1.807, 2.05) is 12.2 Å². The minimum Gasteiger partial charge on any atom is -0.381 e. The molecule has 0 bridgehead atoms. The molecule has 1 aliphatic heterocycles. The topological polar surface area (TPSA) is 21.8 Å². The standard InChI is InChI=1S/C11H18O2/c1-3-5-8-12-9-6-7-11-10(4-2)13-11/h3-4,10-11H,1-2,5-9H2. The summed E-state index contributed by atoms with van der Waals surface area (Å²) in [6.45, 7) is 8.92. The molecule has 2 unspecified atom stereocenters. The summed E-state index contributed by atoms with van der Waals surface area (Å²) in [4.78, 5) is 0. The Balaban J connectivity index is 1.80. The molecule has 1 aliphatic rings. The monoisotopic (exact) mass is 182 g/mol. The first-order valence-corrected chi connectivity index (χ1v) is 4.85. The summed E-state index contributed by atoms with van der Waals surface area (Å²) in [6, 6.07) is 0. The molecule has 0 aromatic rings. The molecule has 1 saturated heterocycles. The summed E-state index contributed by atoms with van der Waals surface area (Å²) < 4.78 is 10.7. The van der Waals surface area contributed by atoms with Crippen LogP contribution in [0.3, 0.4) is 0 Å². The van der Waals surface area contributed by atoms with E-state index in [9.17, 15) is 0 Å². The number of hydrogen-bond acceptors (Lipinski definition) is 2. The zero-order chi connectivity index (χ0) is 9.52. The predicted octanol–water partition coefficient (Wildman–Crippen LogP) is 2.31. The van der Waals surface area contributed by atoms with Gasteiger partial charge in [0.05, 0.1) is 6.10 Å². The van der Waals surface area contributed by atoms with Crippen LogP contribution in [0.2, 0.25) is 0 Å². The van der Waals surface area contributed by atoms with E-state index in [0.29, 0.717) is 12.2 Å². The number of rotatable bonds is 8. The fourth-order valence-electron chi connectivity index (χ4n) is 1.25. The van der Waals surface area contributed by atoms with Crippen molar-refractivity contribution in [2.45, 2.75) is 31.5 Å². The molecule has 2 heteroatoms. The third-order valence-corrected chi connectivity index (χ3v) is 2.10. The van der Waals surface area contributed by atoms with Gasteiger partial charge in [-0.2, -0.15) is 0 Å². The molecule has 74 valence electrons. The van der Waals surface area contributed by atoms with Crippen molar-refractivity contribution in [3.8, 4) is 0 Å². The van der Waals surface area contributed by atoms with Gasteiger partial charge in [0, 0.05) is 13.2 Å². The van der Waals surface area contributed by atoms with Crippen molar-refractivity contribution < 1.29 is 9.47 Å². The predicted molar refractivity (Wildman–Crippen MR) is 53.7 cm³/mol. The summed E-state index contributed by atoms with van der Waals surface area (Å²) >= 11 is 0. The SMILES string of the molecule is C=CCCOCCCC1OC1C=C. The third kappa shape index (κ3) is 4.25. The Kier molecular flexibility index (Phi) is 4.79. The van der Waals surface area contributed by atoms with E-state index < -0.39 is 0 Å². The Morgan fingerprint density at radius 2 is 2.15 bits per heavy atom. The number of hydrogen-bond donors (Lipinski definition) is 0. The molecule has 1 heterocycles. The summed E-state index contributed by atoms with van der Waals surface area (Å²) in [6.07, 6.45) is 7.57. The van der Waals surface area contributed by atoms with Gasteiger partial charge in [0.2, 0.25) is 0 Å². The largest absolute Gasteiger partial charge is 0.381 e. The van der Waals surface area contributed by atoms with Crippen LogP contribution in [-0.2, 0) is 9.47 Å². The Bertz CT molecular complexity index is 165. The van der Waals surface area contributed by atoms with Crippen LogP contribution in [0.1, 0.15) is 19.3 Å². The maximum Gasteiger partial charge on any atom is 0.102 e. The van der Waals surface area contributed by atoms with Crippen LogP contribution in [0.5, 0.6) is 0 Å². The lowest BCUT2D eigenvalue weighted by molar-refractivity contribution is 0.133. The Morgan fingerprint density at radius 3 is 2.77 bits per heavy atom. The molecular formula is C11H18O2. The highest BCUT2D eigenvalue weighted by Crippen LogP contribution is 2.26. The Hall–Kier alpha value is -0.600. The van der Waals surface area contributed by atoms with E-state index in [2.05, 4.69) is 13.2 Å². The van der Waals surface area contributed by atoms with Crippen molar-refractivity contribution in [1.82, 2.24) is 0 Å². The molecule has 13 heavy (non-hydrogen) atoms. The molecule has 0 radical (unpaired) electrons. The highest BCUT2D eigenvalue weighted by Gasteiger charge is 2.34. The fourth-order valence-corrected chi connectivity index (χ4v) is 1.25. The molecule has 0 N–H and O–H groups in total. The first-order chi connectivity index (χ1) is 6.38. The molecule has 0 aromatic carbocycles. The molecule has 0 amide bonds. The smallest absolute Gasteiger partial charge is 0.102 e. The van der Waals surface area contributed by atoms with Gasteiger partial charge in [0.1, 0.15) is 6.10 Å². The molecule has 2 atom stereocenters. The van der Waals surface area contributed by atoms with Crippen LogP contribution in [0.4, 0.5) is 0 Å². The highest BCUT2D eigenvalue weighted by atomic mass is 16.6. The van der Waals surface area contributed by atoms with Gasteiger partial charge < -0.3 is 9.47 Å². The van der Waals surface area contributed by atoms with Gasteiger partial charge >= 0.3 is 0 Å². The van der Waals surface area contributed by atoms with E-state index in [-0.39, 0.29) is 0 Å². The molecule has 0 aliphatic carbocycles. The van der Waals surface area contributed by atoms with Crippen LogP contribution in [-0.4, -0.2) is 25.4 Å². The zero-order valence-electron chi connectivity index (χ0n) is 8.08. The van der Waals surface area contributed by atoms with Crippen LogP contribution >= 0.6 is 0 Å². The molecule has 2 nitrogen and oxygen atoms in total. The molecular weight excluding hydrogens is 164 g/mol. The van der Waals surface area contributed by atoms with E-state index >= 15 is 0 Å². The highest BCUT2D eigenvalue weighted by molar-refractivity contribution is 4.97. The summed E-state index contributed by atoms with van der Waals surface area (Å²) in [5.74, 6) is 0. The van der Waals surface area contributed by atoms with E-state index in [4.69, 9.17) is 9.47 Å². The van der Waals surface area contributed by atoms with Crippen LogP contribution < -0.4 is 0 Å². The van der Waals surface area contributed by atoms with Gasteiger partial charge in [0.15, 0.2) is 0 Å². The molecule has 0 aromatic heterocycles. The molecule has 1 rings (SSSR count). The minimum absolute atomic E-state index is 0.313. The van der Waals surface area contributed by atoms with E-state index in [1.165, 1.54) is 0 Å². The molecule has 1 fully saturated rings. The minimum atomic E-state index is 0.313. The molecule has 0 spiro atoms. The average Bonchev–Trinajstić information content (AvgIpc) is 2.90. The van der Waals surface area contributed by atoms with Crippen molar-refractivity contribution in [2.75, 3.05) is 13.2 Å². The average molecular weight is 182 g/mol. The number of epoxide rings is 1. The molecule has 0 saturated carbocycles. The maximum atomic E-state index is 5.37. The van der Waals surface area contributed by atoms with Gasteiger partial charge in [-0.15, -0.1) is 13.2 Å². The first-order valence-electron chi connectivity index (χ1n) is 4.85. The lowest BCUT2D eigenvalue weighted by Gasteiger charge is -2.00. The lowest BCUT2D eigenvalue weighted by Crippen LogP contribution is -1.98. The van der Waals surface area contributed by atoms with Gasteiger partial charge in [-0.25, -0.2) is 0 Å². The van der Waals surface area contributed by atoms with Crippen molar-refractivity contribution >= 4 is 0 Å². The van der Waals surface area contributed by atoms with Gasteiger partial charge in [-0.3, -0.25) is 0 Å². The summed E-state index contributed by atoms with van der Waals surface area (Å²) in [5.41, 5.74) is 0. The maximum absolute atomic E-state index is 5.37. The Morgan fingerprint density at radius 1 is 1.31 bits per heavy atom. The van der Waals surface area contributed by atoms with Crippen LogP contribution in [0, 0.1) is 0 Å². The van der Waals surface area contributed by atoms with Crippen molar-refractivity contribution in [2.24, 2.45) is 0 Å². The van der Waals surface area contributed by atoms with Crippen LogP contribution in [0.25, 0.3) is 0 Å². The second-order valence-corrected chi connectivity index (χ2v) is 3.21. The van der Waals surface area contributed by atoms with Gasteiger partial charge in [-0.1, -0.05) is 12.2 Å². The van der Waals surface area contributed by atoms with Gasteiger partial charge in [0.25, 0.3) is 0 Å². The fraction of sp³-hybridized carbons (Fsp3) is 0.636. The first kappa shape index (κ1) is 10.5. The van der Waals surface area contributed by atoms with E-state index in [1.54, 1.807) is 0 Å². The summed E-state index contributed by atoms with van der Waals surface area (Å²) in [7, 11) is 0. The van der Waals surface area contributed by atoms with Crippen molar-refractivity contribution in [3.05, 3.63) is 25.3 Å². The van der Waals surface area contributed by atoms with E-state index in [0.717, 1.165) is 32.5 Å². The Labute approximate surface area is 80.2 Å². The third-order valence-electron chi connectivity index (χ3n) is 2.10. The zero-order valence-corrected chi connectivity index (χ0v) is 8.08. The summed E-state index contributed by atoms with van der Waals surface area (Å²) in [5, 5.41) is 0. The lowest BCUT2D eigenvalue weighted by atomic mass is 10.2. The van der Waals surface area contributed by atoms with Crippen molar-refractivity contribution in [1.29, 1.82) is 0 Å². The second-order valence-electron chi connectivity index (χ2n) is 3.21. The van der Waals surface area contributed by atoms with Crippen LogP contribution in [0.15, 0.2) is 25.3 Å². The number of ether oxygens (including phenoxy) is 2. The second kappa shape index (κ2) is 5.95. The van der Waals surface area contributed by atoms with Gasteiger partial charge in [-0.05, 0) is 19.3 Å². The quantitative estimate of drug-likeness (QED) is 0.326. The van der Waals surface area contributed by atoms with Crippen molar-refractivity contribution in [3.63, 3.8) is 0 Å². The normalized spacial score (nSPS) is 25.5.